The summed E-state index contributed by atoms with van der Waals surface area (Å²) in [6.07, 6.45) is -0.482. The fourth-order valence-electron chi connectivity index (χ4n) is 3.96. The third-order valence-corrected chi connectivity index (χ3v) is 6.98. The number of carbonyl (C=O) groups excluding carboxylic acids is 2. The Labute approximate surface area is 248 Å². The van der Waals surface area contributed by atoms with E-state index in [9.17, 15) is 13.8 Å². The third kappa shape index (κ3) is 9.76. The Hall–Kier alpha value is -4.67. The van der Waals surface area contributed by atoms with Gasteiger partial charge in [0.25, 0.3) is 0 Å². The summed E-state index contributed by atoms with van der Waals surface area (Å²) >= 11 is 0. The van der Waals surface area contributed by atoms with Crippen LogP contribution in [0.3, 0.4) is 0 Å². The molecule has 0 fully saturated rings. The van der Waals surface area contributed by atoms with Gasteiger partial charge in [-0.2, -0.15) is 0 Å². The maximum Gasteiger partial charge on any atom is 0.407 e. The predicted octanol–water partition coefficient (Wildman–Crippen LogP) is 6.01. The minimum atomic E-state index is -1.48. The van der Waals surface area contributed by atoms with Gasteiger partial charge in [-0.1, -0.05) is 72.8 Å². The van der Waals surface area contributed by atoms with Crippen molar-refractivity contribution in [3.8, 4) is 11.1 Å². The first-order valence-electron chi connectivity index (χ1n) is 13.2. The quantitative estimate of drug-likeness (QED) is 0.190. The molecule has 0 bridgehead atoms. The van der Waals surface area contributed by atoms with Crippen molar-refractivity contribution in [2.75, 3.05) is 10.0 Å². The molecule has 0 aliphatic carbocycles. The van der Waals surface area contributed by atoms with E-state index >= 15 is 0 Å². The highest BCUT2D eigenvalue weighted by Gasteiger charge is 2.16. The summed E-state index contributed by atoms with van der Waals surface area (Å²) < 4.78 is 21.4. The van der Waals surface area contributed by atoms with Crippen LogP contribution in [0, 0.1) is 0 Å². The summed E-state index contributed by atoms with van der Waals surface area (Å²) in [6, 6.07) is 31.6. The molecule has 0 heterocycles. The van der Waals surface area contributed by atoms with Crippen LogP contribution >= 0.6 is 0 Å². The Kier molecular flexibility index (Phi) is 11.2. The van der Waals surface area contributed by atoms with E-state index in [4.69, 9.17) is 4.74 Å². The fourth-order valence-corrected chi connectivity index (χ4v) is 5.01. The lowest BCUT2D eigenvalue weighted by Gasteiger charge is -2.19. The summed E-state index contributed by atoms with van der Waals surface area (Å²) in [5.74, 6) is 0. The summed E-state index contributed by atoms with van der Waals surface area (Å²) in [6.45, 7) is 6.06. The molecule has 9 nitrogen and oxygen atoms in total. The normalized spacial score (nSPS) is 11.4. The maximum atomic E-state index is 13.1. The van der Waals surface area contributed by atoms with Gasteiger partial charge in [-0.05, 0) is 73.4 Å². The van der Waals surface area contributed by atoms with E-state index in [2.05, 4.69) is 20.7 Å². The lowest BCUT2D eigenvalue weighted by atomic mass is 10.1. The van der Waals surface area contributed by atoms with Gasteiger partial charge in [0.15, 0.2) is 11.0 Å². The van der Waals surface area contributed by atoms with Crippen molar-refractivity contribution >= 4 is 34.5 Å². The van der Waals surface area contributed by atoms with Gasteiger partial charge in [0.1, 0.15) is 5.60 Å². The van der Waals surface area contributed by atoms with Crippen LogP contribution in [0.15, 0.2) is 108 Å². The van der Waals surface area contributed by atoms with Crippen LogP contribution < -0.4 is 20.7 Å². The van der Waals surface area contributed by atoms with Crippen molar-refractivity contribution < 1.29 is 24.0 Å². The van der Waals surface area contributed by atoms with Crippen LogP contribution in [0.5, 0.6) is 0 Å². The van der Waals surface area contributed by atoms with E-state index in [1.54, 1.807) is 24.3 Å². The largest absolute Gasteiger partial charge is 0.444 e. The minimum absolute atomic E-state index is 0. The Morgan fingerprint density at radius 3 is 2.00 bits per heavy atom. The number of anilines is 2. The molecule has 1 atom stereocenters. The molecule has 1 unspecified atom stereocenters. The van der Waals surface area contributed by atoms with Gasteiger partial charge in [-0.3, -0.25) is 0 Å². The van der Waals surface area contributed by atoms with E-state index < -0.39 is 22.7 Å². The number of hydrogen-bond donors (Lipinski definition) is 4. The van der Waals surface area contributed by atoms with Gasteiger partial charge in [0, 0.05) is 24.5 Å². The molecule has 0 aromatic heterocycles. The number of ether oxygens (including phenoxy) is 1. The molecular formula is C32H36N4O5S. The summed E-state index contributed by atoms with van der Waals surface area (Å²) in [7, 11) is -1.48. The van der Waals surface area contributed by atoms with Crippen molar-refractivity contribution in [3.05, 3.63) is 114 Å². The average molecular weight is 589 g/mol. The first-order valence-corrected chi connectivity index (χ1v) is 14.3. The fraction of sp³-hybridized carbons (Fsp3) is 0.188. The van der Waals surface area contributed by atoms with Gasteiger partial charge >= 0.3 is 12.1 Å². The number of urea groups is 1. The van der Waals surface area contributed by atoms with E-state index in [1.165, 1.54) is 0 Å². The summed E-state index contributed by atoms with van der Waals surface area (Å²) in [5, 5.41) is 8.37. The number of hydrogen-bond acceptors (Lipinski definition) is 4. The number of benzene rings is 4. The van der Waals surface area contributed by atoms with Gasteiger partial charge in [-0.25, -0.2) is 13.8 Å². The second-order valence-electron chi connectivity index (χ2n) is 10.3. The molecule has 3 amide bonds. The number of carbonyl (C=O) groups is 2. The monoisotopic (exact) mass is 588 g/mol. The molecular weight excluding hydrogens is 552 g/mol. The van der Waals surface area contributed by atoms with Gasteiger partial charge < -0.3 is 30.9 Å². The Balaban J connectivity index is 0.00000484. The van der Waals surface area contributed by atoms with Crippen molar-refractivity contribution in [3.63, 3.8) is 0 Å². The second kappa shape index (κ2) is 14.8. The zero-order valence-corrected chi connectivity index (χ0v) is 24.6. The first kappa shape index (κ1) is 31.9. The van der Waals surface area contributed by atoms with E-state index in [0.29, 0.717) is 29.4 Å². The average Bonchev–Trinajstić information content (AvgIpc) is 2.96. The second-order valence-corrected chi connectivity index (χ2v) is 11.5. The van der Waals surface area contributed by atoms with Crippen LogP contribution in [0.4, 0.5) is 21.0 Å². The number of alkyl carbamates (subject to hydrolysis) is 1. The van der Waals surface area contributed by atoms with Gasteiger partial charge in [0.05, 0.1) is 4.90 Å². The molecule has 6 N–H and O–H groups in total. The number of rotatable bonds is 9. The topological polar surface area (TPSA) is 140 Å². The molecule has 220 valence electrons. The Morgan fingerprint density at radius 1 is 0.738 bits per heavy atom. The Morgan fingerprint density at radius 2 is 1.33 bits per heavy atom. The third-order valence-electron chi connectivity index (χ3n) is 5.81. The lowest BCUT2D eigenvalue weighted by Crippen LogP contribution is -2.32. The molecule has 0 saturated carbocycles. The smallest absolute Gasteiger partial charge is 0.407 e. The van der Waals surface area contributed by atoms with Gasteiger partial charge in [0.2, 0.25) is 0 Å². The van der Waals surface area contributed by atoms with Crippen LogP contribution in [-0.4, -0.2) is 27.4 Å². The molecule has 0 aliphatic rings. The molecule has 0 spiro atoms. The van der Waals surface area contributed by atoms with Crippen molar-refractivity contribution in [1.29, 1.82) is 0 Å². The SMILES string of the molecule is CC(C)(C)OC(=O)NCc1cccc(CNC(=O)Nc2ccc(NS(=O)c3ccccc3-c3ccccc3)cc2)c1.O. The van der Waals surface area contributed by atoms with Crippen LogP contribution in [0.1, 0.15) is 31.9 Å². The highest BCUT2D eigenvalue weighted by atomic mass is 32.2. The molecule has 4 aromatic rings. The highest BCUT2D eigenvalue weighted by molar-refractivity contribution is 7.86. The zero-order valence-electron chi connectivity index (χ0n) is 23.8. The molecule has 4 aromatic carbocycles. The van der Waals surface area contributed by atoms with Crippen LogP contribution in [0.25, 0.3) is 11.1 Å². The van der Waals surface area contributed by atoms with E-state index in [-0.39, 0.29) is 11.5 Å². The van der Waals surface area contributed by atoms with Crippen molar-refractivity contribution in [2.45, 2.75) is 44.4 Å². The number of amides is 3. The molecule has 4 rings (SSSR count). The minimum Gasteiger partial charge on any atom is -0.444 e. The molecule has 42 heavy (non-hydrogen) atoms. The zero-order chi connectivity index (χ0) is 29.2. The van der Waals surface area contributed by atoms with Crippen LogP contribution in [0.2, 0.25) is 0 Å². The molecule has 0 aliphatic heterocycles. The first-order chi connectivity index (χ1) is 19.7. The molecule has 10 heteroatoms. The highest BCUT2D eigenvalue weighted by Crippen LogP contribution is 2.27. The molecule has 0 saturated heterocycles. The number of nitrogens with one attached hydrogen (secondary N) is 4. The van der Waals surface area contributed by atoms with E-state index in [1.807, 2.05) is 99.6 Å². The van der Waals surface area contributed by atoms with E-state index in [0.717, 1.165) is 22.3 Å². The Bertz CT molecular complexity index is 1510. The summed E-state index contributed by atoms with van der Waals surface area (Å²) in [4.78, 5) is 25.1. The molecule has 0 radical (unpaired) electrons. The standard InChI is InChI=1S/C32H34N4O4S.H2O/c1-32(2,3)40-31(38)34-22-24-11-9-10-23(20-24)21-33-30(37)35-26-16-18-27(19-17-26)36-41(39)29-15-8-7-14-28(29)25-12-5-4-6-13-25;/h4-20,36H,21-22H2,1-3H3,(H,34,38)(H2,33,35,37);1H2. The lowest BCUT2D eigenvalue weighted by molar-refractivity contribution is 0.0523. The van der Waals surface area contributed by atoms with Gasteiger partial charge in [-0.15, -0.1) is 0 Å². The van der Waals surface area contributed by atoms with Crippen molar-refractivity contribution in [2.24, 2.45) is 0 Å². The van der Waals surface area contributed by atoms with Crippen LogP contribution in [-0.2, 0) is 28.8 Å². The summed E-state index contributed by atoms with van der Waals surface area (Å²) in [5.41, 5.74) is 4.37. The maximum absolute atomic E-state index is 13.1. The predicted molar refractivity (Wildman–Crippen MR) is 167 cm³/mol. The van der Waals surface area contributed by atoms with Crippen molar-refractivity contribution in [1.82, 2.24) is 10.6 Å².